The fourth-order valence-electron chi connectivity index (χ4n) is 2.87. The summed E-state index contributed by atoms with van der Waals surface area (Å²) in [7, 11) is -8.51. The number of carbonyl (C=O) groups excluding carboxylic acids is 2. The first-order valence-electron chi connectivity index (χ1n) is 11.2. The van der Waals surface area contributed by atoms with Crippen LogP contribution < -0.4 is 69.3 Å². The van der Waals surface area contributed by atoms with Crippen LogP contribution in [-0.2, 0) is 34.0 Å². The molecule has 0 heterocycles. The molecule has 36 heavy (non-hydrogen) atoms. The van der Waals surface area contributed by atoms with E-state index in [1.54, 1.807) is 30.3 Å². The van der Waals surface area contributed by atoms with Crippen molar-refractivity contribution in [3.8, 4) is 0 Å². The summed E-state index contributed by atoms with van der Waals surface area (Å²) in [5.74, 6) is -4.08. The Morgan fingerprint density at radius 1 is 0.833 bits per heavy atom. The van der Waals surface area contributed by atoms with E-state index in [0.717, 1.165) is 12.8 Å². The molecule has 1 unspecified atom stereocenters. The molecule has 0 aliphatic carbocycles. The zero-order valence-corrected chi connectivity index (χ0v) is 27.0. The maximum atomic E-state index is 11.9. The van der Waals surface area contributed by atoms with Gasteiger partial charge in [0.25, 0.3) is 20.2 Å². The first-order valence-corrected chi connectivity index (χ1v) is 14.1. The van der Waals surface area contributed by atoms with Gasteiger partial charge in [-0.15, -0.1) is 0 Å². The van der Waals surface area contributed by atoms with Gasteiger partial charge in [-0.05, 0) is 18.6 Å². The van der Waals surface area contributed by atoms with Crippen molar-refractivity contribution in [2.24, 2.45) is 0 Å². The van der Waals surface area contributed by atoms with Gasteiger partial charge in [-0.3, -0.25) is 8.74 Å². The molecule has 1 N–H and O–H groups in total. The fourth-order valence-corrected chi connectivity index (χ4v) is 4.43. The topological polar surface area (TPSA) is 178 Å². The minimum absolute atomic E-state index is 0. The molecule has 1 aromatic carbocycles. The van der Waals surface area contributed by atoms with Crippen LogP contribution in [0, 0.1) is 0 Å². The van der Waals surface area contributed by atoms with Crippen LogP contribution in [0.25, 0.3) is 0 Å². The number of benzene rings is 1. The second kappa shape index (κ2) is 22.9. The Morgan fingerprint density at radius 2 is 1.28 bits per heavy atom. The number of hydrogen-bond donors (Lipinski definition) is 1. The zero-order chi connectivity index (χ0) is 26.0. The number of hydrogen-bond acceptors (Lipinski definition) is 9. The van der Waals surface area contributed by atoms with Crippen molar-refractivity contribution < 1.29 is 104 Å². The van der Waals surface area contributed by atoms with E-state index in [1.807, 2.05) is 0 Å². The van der Waals surface area contributed by atoms with Crippen LogP contribution in [0.15, 0.2) is 35.2 Å². The maximum absolute atomic E-state index is 11.9. The van der Waals surface area contributed by atoms with Crippen LogP contribution in [0.2, 0.25) is 0 Å². The van der Waals surface area contributed by atoms with Gasteiger partial charge in [-0.1, -0.05) is 82.9 Å². The molecule has 14 heteroatoms. The van der Waals surface area contributed by atoms with Gasteiger partial charge in [0.05, 0.1) is 17.5 Å². The molecular weight excluding hydrogens is 534 g/mol. The maximum Gasteiger partial charge on any atom is 1.00 e. The monoisotopic (exact) mass is 568 g/mol. The summed E-state index contributed by atoms with van der Waals surface area (Å²) in [5, 5.41) is 17.3. The van der Waals surface area contributed by atoms with E-state index < -0.39 is 43.8 Å². The zero-order valence-electron chi connectivity index (χ0n) is 21.4. The molecule has 0 aliphatic heterocycles. The predicted octanol–water partition coefficient (Wildman–Crippen LogP) is -4.55. The molecule has 0 aliphatic rings. The number of unbranched alkanes of at least 4 members (excludes halogenated alkanes) is 9. The summed E-state index contributed by atoms with van der Waals surface area (Å²) in [6, 6.07) is 8.33. The predicted molar refractivity (Wildman–Crippen MR) is 121 cm³/mol. The molecule has 0 radical (unpaired) electrons. The van der Waals surface area contributed by atoms with E-state index in [9.17, 15) is 36.6 Å². The Balaban J connectivity index is -0.000000670. The van der Waals surface area contributed by atoms with Crippen molar-refractivity contribution in [2.75, 3.05) is 6.61 Å². The Hall–Kier alpha value is -0.0200. The number of aliphatic carboxylic acids is 2. The first kappa shape index (κ1) is 40.5. The van der Waals surface area contributed by atoms with Crippen LogP contribution in [0.1, 0.15) is 77.6 Å². The number of rotatable bonds is 17. The summed E-state index contributed by atoms with van der Waals surface area (Å²) in [6.45, 7) is 2.52. The van der Waals surface area contributed by atoms with Crippen LogP contribution in [0.3, 0.4) is 0 Å². The van der Waals surface area contributed by atoms with E-state index in [1.165, 1.54) is 51.4 Å². The summed E-state index contributed by atoms with van der Waals surface area (Å²) >= 11 is 0. The van der Waals surface area contributed by atoms with Crippen molar-refractivity contribution in [3.63, 3.8) is 0 Å². The first-order chi connectivity index (χ1) is 15.9. The van der Waals surface area contributed by atoms with Crippen molar-refractivity contribution in [1.29, 1.82) is 0 Å². The number of carboxylic acid groups (broad SMARTS) is 2. The Morgan fingerprint density at radius 3 is 1.64 bits per heavy atom. The third-order valence-corrected chi connectivity index (χ3v) is 7.15. The van der Waals surface area contributed by atoms with Crippen molar-refractivity contribution in [2.45, 2.75) is 87.7 Å². The Kier molecular flexibility index (Phi) is 25.8. The summed E-state index contributed by atoms with van der Waals surface area (Å²) in [5.41, 5.74) is 0. The minimum Gasteiger partial charge on any atom is -0.550 e. The van der Waals surface area contributed by atoms with Crippen molar-refractivity contribution in [1.82, 2.24) is 0 Å². The molecular formula is C22H34Na2O10S2. The van der Waals surface area contributed by atoms with Crippen LogP contribution in [-0.4, -0.2) is 45.2 Å². The molecule has 1 aromatic rings. The molecule has 0 saturated heterocycles. The van der Waals surface area contributed by atoms with E-state index in [4.69, 9.17) is 8.74 Å². The van der Waals surface area contributed by atoms with Gasteiger partial charge in [-0.25, -0.2) is 0 Å². The van der Waals surface area contributed by atoms with Gasteiger partial charge < -0.3 is 19.8 Å². The number of carboxylic acids is 2. The molecule has 0 fully saturated rings. The van der Waals surface area contributed by atoms with Crippen molar-refractivity contribution in [3.05, 3.63) is 30.3 Å². The normalized spacial score (nSPS) is 11.7. The second-order valence-electron chi connectivity index (χ2n) is 7.67. The largest absolute Gasteiger partial charge is 1.00 e. The molecule has 0 spiro atoms. The van der Waals surface area contributed by atoms with Crippen LogP contribution in [0.4, 0.5) is 0 Å². The SMILES string of the molecule is CCCCCCCCCCCCOS(=O)(=O)c1ccccc1.O=C([O-])CC(C(=O)[O-])S(=O)(=O)O.[Na+].[Na+]. The third-order valence-electron chi connectivity index (χ3n) is 4.74. The average Bonchev–Trinajstić information content (AvgIpc) is 2.76. The van der Waals surface area contributed by atoms with E-state index >= 15 is 0 Å². The smallest absolute Gasteiger partial charge is 0.550 e. The summed E-state index contributed by atoms with van der Waals surface area (Å²) < 4.78 is 57.3. The molecule has 196 valence electrons. The van der Waals surface area contributed by atoms with Gasteiger partial charge in [0.2, 0.25) is 0 Å². The molecule has 1 rings (SSSR count). The summed E-state index contributed by atoms with van der Waals surface area (Å²) in [4.78, 5) is 20.0. The second-order valence-corrected chi connectivity index (χ2v) is 10.9. The van der Waals surface area contributed by atoms with Crippen molar-refractivity contribution >= 4 is 32.2 Å². The Bertz CT molecular complexity index is 923. The molecule has 0 saturated carbocycles. The average molecular weight is 569 g/mol. The minimum atomic E-state index is -4.94. The number of carbonyl (C=O) groups is 2. The molecule has 0 bridgehead atoms. The molecule has 0 aromatic heterocycles. The van der Waals surface area contributed by atoms with Crippen LogP contribution in [0.5, 0.6) is 0 Å². The molecule has 10 nitrogen and oxygen atoms in total. The van der Waals surface area contributed by atoms with Gasteiger partial charge >= 0.3 is 59.1 Å². The Labute approximate surface area is 259 Å². The van der Waals surface area contributed by atoms with Gasteiger partial charge in [0.15, 0.2) is 0 Å². The van der Waals surface area contributed by atoms with E-state index in [0.29, 0.717) is 0 Å². The summed E-state index contributed by atoms with van der Waals surface area (Å²) in [6.07, 6.45) is 10.9. The van der Waals surface area contributed by atoms with Gasteiger partial charge in [-0.2, -0.15) is 16.8 Å². The van der Waals surface area contributed by atoms with Gasteiger partial charge in [0, 0.05) is 12.4 Å². The van der Waals surface area contributed by atoms with E-state index in [-0.39, 0.29) is 70.6 Å². The van der Waals surface area contributed by atoms with E-state index in [2.05, 4.69) is 6.92 Å². The quantitative estimate of drug-likeness (QED) is 0.0833. The standard InChI is InChI=1S/C18H30O3S.C4H6O7S.2Na/c1-2-3-4-5-6-7-8-9-10-14-17-21-22(19,20)18-15-12-11-13-16-18;5-3(6)1-2(4(7)8)12(9,10)11;;/h11-13,15-16H,2-10,14,17H2,1H3;2H,1H2,(H,5,6)(H,7,8)(H,9,10,11);;/q;;2*+1/p-2. The molecule has 1 atom stereocenters. The van der Waals surface area contributed by atoms with Gasteiger partial charge in [0.1, 0.15) is 5.25 Å². The third kappa shape index (κ3) is 21.0. The fraction of sp³-hybridized carbons (Fsp3) is 0.636. The van der Waals surface area contributed by atoms with Crippen LogP contribution >= 0.6 is 0 Å². The molecule has 0 amide bonds.